The minimum Gasteiger partial charge on any atom is -0.453 e. The van der Waals surface area contributed by atoms with Gasteiger partial charge in [0, 0.05) is 36.7 Å². The molecule has 1 saturated carbocycles. The van der Waals surface area contributed by atoms with E-state index in [9.17, 15) is 12.8 Å². The molecule has 1 aliphatic carbocycles. The van der Waals surface area contributed by atoms with Crippen LogP contribution in [0.1, 0.15) is 25.7 Å². The molecule has 0 bridgehead atoms. The molecule has 1 fully saturated rings. The lowest BCUT2D eigenvalue weighted by Gasteiger charge is -2.26. The molecule has 33 heavy (non-hydrogen) atoms. The van der Waals surface area contributed by atoms with Gasteiger partial charge >= 0.3 is 0 Å². The van der Waals surface area contributed by atoms with Gasteiger partial charge in [-0.05, 0) is 49.9 Å². The van der Waals surface area contributed by atoms with Gasteiger partial charge < -0.3 is 15.8 Å². The average molecular weight is 473 g/mol. The van der Waals surface area contributed by atoms with Gasteiger partial charge in [0.25, 0.3) is 0 Å². The van der Waals surface area contributed by atoms with Crippen LogP contribution in [-0.4, -0.2) is 41.7 Å². The topological polar surface area (TPSA) is 132 Å². The summed E-state index contributed by atoms with van der Waals surface area (Å²) in [5.74, 6) is 0.0607. The lowest BCUT2D eigenvalue weighted by Crippen LogP contribution is -2.33. The summed E-state index contributed by atoms with van der Waals surface area (Å²) in [4.78, 5) is 13.1. The molecule has 0 atom stereocenters. The largest absolute Gasteiger partial charge is 0.453 e. The molecular weight excluding hydrogens is 447 g/mol. The Bertz CT molecular complexity index is 1230. The summed E-state index contributed by atoms with van der Waals surface area (Å²) in [6.07, 6.45) is 9.58. The van der Waals surface area contributed by atoms with E-state index in [0.717, 1.165) is 38.0 Å². The Morgan fingerprint density at radius 3 is 2.61 bits per heavy atom. The molecule has 1 aromatic carbocycles. The highest BCUT2D eigenvalue weighted by Gasteiger charge is 2.19. The van der Waals surface area contributed by atoms with Gasteiger partial charge in [0.2, 0.25) is 16.0 Å². The summed E-state index contributed by atoms with van der Waals surface area (Å²) in [5, 5.41) is 3.36. The van der Waals surface area contributed by atoms with Gasteiger partial charge in [0.05, 0.1) is 23.2 Å². The fourth-order valence-corrected chi connectivity index (χ4v) is 4.22. The third kappa shape index (κ3) is 6.14. The first-order valence-electron chi connectivity index (χ1n) is 10.5. The summed E-state index contributed by atoms with van der Waals surface area (Å²) in [6.45, 7) is 0. The van der Waals surface area contributed by atoms with Crippen molar-refractivity contribution in [2.45, 2.75) is 37.8 Å². The smallest absolute Gasteiger partial charge is 0.229 e. The van der Waals surface area contributed by atoms with Crippen LogP contribution >= 0.6 is 0 Å². The summed E-state index contributed by atoms with van der Waals surface area (Å²) >= 11 is 0. The van der Waals surface area contributed by atoms with Crippen molar-refractivity contribution in [1.29, 1.82) is 0 Å². The number of anilines is 2. The number of ether oxygens (including phenoxy) is 1. The predicted octanol–water partition coefficient (Wildman–Crippen LogP) is 3.52. The maximum absolute atomic E-state index is 14.6. The molecule has 0 amide bonds. The van der Waals surface area contributed by atoms with Gasteiger partial charge in [0.15, 0.2) is 11.6 Å². The molecule has 0 radical (unpaired) electrons. The van der Waals surface area contributed by atoms with Crippen LogP contribution in [0.2, 0.25) is 0 Å². The van der Waals surface area contributed by atoms with Gasteiger partial charge in [-0.2, -0.15) is 0 Å². The maximum atomic E-state index is 14.6. The van der Waals surface area contributed by atoms with E-state index in [4.69, 9.17) is 10.5 Å². The summed E-state index contributed by atoms with van der Waals surface area (Å²) in [6, 6.07) is 7.67. The predicted molar refractivity (Wildman–Crippen MR) is 124 cm³/mol. The summed E-state index contributed by atoms with van der Waals surface area (Å²) < 4.78 is 45.3. The van der Waals surface area contributed by atoms with E-state index in [0.29, 0.717) is 23.0 Å². The third-order valence-corrected chi connectivity index (χ3v) is 5.88. The maximum Gasteiger partial charge on any atom is 0.229 e. The number of nitrogens with one attached hydrogen (secondary N) is 2. The van der Waals surface area contributed by atoms with Gasteiger partial charge in [-0.25, -0.2) is 22.8 Å². The van der Waals surface area contributed by atoms with Crippen LogP contribution in [0, 0.1) is 5.82 Å². The lowest BCUT2D eigenvalue weighted by molar-refractivity contribution is 0.410. The molecule has 4 rings (SSSR count). The first-order valence-corrected chi connectivity index (χ1v) is 12.4. The molecule has 4 N–H and O–H groups in total. The fourth-order valence-electron chi connectivity index (χ4n) is 3.67. The van der Waals surface area contributed by atoms with Crippen molar-refractivity contribution in [3.63, 3.8) is 0 Å². The molecular formula is C22H25FN6O3S. The quantitative estimate of drug-likeness (QED) is 0.476. The minimum atomic E-state index is -3.52. The number of hydrogen-bond acceptors (Lipinski definition) is 8. The molecule has 9 nitrogen and oxygen atoms in total. The van der Waals surface area contributed by atoms with Crippen LogP contribution in [-0.2, 0) is 10.0 Å². The van der Waals surface area contributed by atoms with E-state index in [2.05, 4.69) is 25.0 Å². The van der Waals surface area contributed by atoms with E-state index in [1.165, 1.54) is 18.3 Å². The van der Waals surface area contributed by atoms with Crippen molar-refractivity contribution in [1.82, 2.24) is 15.0 Å². The Morgan fingerprint density at radius 1 is 1.09 bits per heavy atom. The highest BCUT2D eigenvalue weighted by Crippen LogP contribution is 2.34. The molecule has 0 unspecified atom stereocenters. The zero-order chi connectivity index (χ0) is 23.4. The van der Waals surface area contributed by atoms with Crippen molar-refractivity contribution in [3.05, 3.63) is 54.7 Å². The van der Waals surface area contributed by atoms with Crippen molar-refractivity contribution in [2.75, 3.05) is 16.3 Å². The number of halogens is 1. The second-order valence-corrected chi connectivity index (χ2v) is 9.76. The van der Waals surface area contributed by atoms with E-state index in [1.807, 2.05) is 0 Å². The Kier molecular flexibility index (Phi) is 6.70. The molecule has 0 saturated heterocycles. The van der Waals surface area contributed by atoms with E-state index in [1.54, 1.807) is 24.5 Å². The molecule has 1 aliphatic rings. The van der Waals surface area contributed by atoms with Crippen molar-refractivity contribution in [3.8, 4) is 22.8 Å². The first kappa shape index (κ1) is 22.9. The number of aromatic nitrogens is 3. The molecule has 3 aromatic rings. The van der Waals surface area contributed by atoms with E-state index >= 15 is 0 Å². The highest BCUT2D eigenvalue weighted by molar-refractivity contribution is 7.92. The van der Waals surface area contributed by atoms with Gasteiger partial charge in [0.1, 0.15) is 5.75 Å². The monoisotopic (exact) mass is 472 g/mol. The van der Waals surface area contributed by atoms with Crippen LogP contribution < -0.4 is 20.5 Å². The van der Waals surface area contributed by atoms with Crippen LogP contribution in [0.25, 0.3) is 11.3 Å². The molecule has 2 aromatic heterocycles. The molecule has 11 heteroatoms. The number of sulfonamides is 1. The molecule has 174 valence electrons. The zero-order valence-electron chi connectivity index (χ0n) is 18.0. The minimum absolute atomic E-state index is 0.0625. The number of hydrogen-bond donors (Lipinski definition) is 3. The Hall–Kier alpha value is -3.31. The van der Waals surface area contributed by atoms with Gasteiger partial charge in [-0.3, -0.25) is 9.71 Å². The number of benzene rings is 1. The van der Waals surface area contributed by atoms with Crippen LogP contribution in [0.15, 0.2) is 48.9 Å². The molecule has 0 spiro atoms. The Morgan fingerprint density at radius 2 is 1.88 bits per heavy atom. The van der Waals surface area contributed by atoms with E-state index in [-0.39, 0.29) is 23.5 Å². The second kappa shape index (κ2) is 9.67. The summed E-state index contributed by atoms with van der Waals surface area (Å²) in [7, 11) is -3.52. The second-order valence-electron chi connectivity index (χ2n) is 8.01. The number of nitrogens with zero attached hydrogens (tertiary/aromatic N) is 3. The number of nitrogens with two attached hydrogens (primary N) is 1. The normalized spacial score (nSPS) is 18.5. The first-order chi connectivity index (χ1) is 15.8. The average Bonchev–Trinajstić information content (AvgIpc) is 2.77. The Labute approximate surface area is 191 Å². The number of rotatable bonds is 7. The fraction of sp³-hybridized carbons (Fsp3) is 0.318. The SMILES string of the molecule is CS(=O)(=O)Nc1ccc(Oc2ccncc2-c2ccnc(NC3CCC(N)CC3)n2)c(F)c1. The van der Waals surface area contributed by atoms with E-state index < -0.39 is 15.8 Å². The van der Waals surface area contributed by atoms with Crippen LogP contribution in [0.5, 0.6) is 11.5 Å². The van der Waals surface area contributed by atoms with Gasteiger partial charge in [-0.15, -0.1) is 0 Å². The highest BCUT2D eigenvalue weighted by atomic mass is 32.2. The molecule has 2 heterocycles. The van der Waals surface area contributed by atoms with Crippen LogP contribution in [0.3, 0.4) is 0 Å². The Balaban J connectivity index is 1.55. The van der Waals surface area contributed by atoms with Crippen molar-refractivity contribution >= 4 is 21.7 Å². The summed E-state index contributed by atoms with van der Waals surface area (Å²) in [5.41, 5.74) is 7.21. The lowest BCUT2D eigenvalue weighted by atomic mass is 9.92. The third-order valence-electron chi connectivity index (χ3n) is 5.27. The van der Waals surface area contributed by atoms with Crippen molar-refractivity contribution < 1.29 is 17.5 Å². The van der Waals surface area contributed by atoms with Gasteiger partial charge in [-0.1, -0.05) is 0 Å². The zero-order valence-corrected chi connectivity index (χ0v) is 18.8. The molecule has 0 aliphatic heterocycles. The van der Waals surface area contributed by atoms with Crippen molar-refractivity contribution in [2.24, 2.45) is 5.73 Å². The number of pyridine rings is 1. The van der Waals surface area contributed by atoms with Crippen LogP contribution in [0.4, 0.5) is 16.0 Å². The standard InChI is InChI=1S/C22H25FN6O3S/c1-33(30,31)29-16-6-7-21(18(23)12-16)32-20-9-10-25-13-17(20)19-8-11-26-22(28-19)27-15-4-2-14(24)3-5-15/h6-15,29H,2-5,24H2,1H3,(H,26,27,28).